The second-order valence-electron chi connectivity index (χ2n) is 7.65. The van der Waals surface area contributed by atoms with Crippen LogP contribution in [-0.2, 0) is 6.54 Å². The maximum atomic E-state index is 13.4. The molecule has 0 spiro atoms. The number of carbonyl (C=O) groups is 1. The van der Waals surface area contributed by atoms with Gasteiger partial charge in [-0.05, 0) is 48.9 Å². The largest absolute Gasteiger partial charge is 0.467 e. The van der Waals surface area contributed by atoms with Gasteiger partial charge in [-0.25, -0.2) is 9.97 Å². The summed E-state index contributed by atoms with van der Waals surface area (Å²) in [4.78, 5) is 27.9. The number of fused-ring (bicyclic) bond motifs is 1. The predicted octanol–water partition coefficient (Wildman–Crippen LogP) is 4.82. The lowest BCUT2D eigenvalue weighted by molar-refractivity contribution is 0.0751. The van der Waals surface area contributed by atoms with Crippen molar-refractivity contribution in [3.8, 4) is 0 Å². The average Bonchev–Trinajstić information content (AvgIpc) is 3.46. The van der Waals surface area contributed by atoms with E-state index in [9.17, 15) is 4.79 Å². The zero-order chi connectivity index (χ0) is 22.1. The summed E-state index contributed by atoms with van der Waals surface area (Å²) in [7, 11) is 0. The zero-order valence-electron chi connectivity index (χ0n) is 17.5. The lowest BCUT2D eigenvalue weighted by atomic mass is 10.1. The highest BCUT2D eigenvalue weighted by atomic mass is 35.5. The Balaban J connectivity index is 1.32. The first kappa shape index (κ1) is 20.8. The molecule has 3 aromatic heterocycles. The minimum atomic E-state index is 0.0539. The van der Waals surface area contributed by atoms with Crippen LogP contribution in [0.2, 0.25) is 5.02 Å². The van der Waals surface area contributed by atoms with Gasteiger partial charge in [0.15, 0.2) is 0 Å². The normalized spacial score (nSPS) is 14.2. The summed E-state index contributed by atoms with van der Waals surface area (Å²) in [6.45, 7) is 5.40. The molecule has 1 fully saturated rings. The molecule has 1 aliphatic heterocycles. The van der Waals surface area contributed by atoms with E-state index in [-0.39, 0.29) is 5.91 Å². The van der Waals surface area contributed by atoms with E-state index in [1.807, 2.05) is 48.2 Å². The second-order valence-corrected chi connectivity index (χ2v) is 9.08. The molecule has 0 atom stereocenters. The average molecular weight is 468 g/mol. The van der Waals surface area contributed by atoms with Crippen LogP contribution in [0.4, 0.5) is 11.5 Å². The van der Waals surface area contributed by atoms with Crippen LogP contribution >= 0.6 is 22.9 Å². The third-order valence-corrected chi connectivity index (χ3v) is 7.13. The van der Waals surface area contributed by atoms with Crippen molar-refractivity contribution in [1.82, 2.24) is 14.9 Å². The number of hydrogen-bond acceptors (Lipinski definition) is 7. The molecule has 1 N–H and O–H groups in total. The number of benzene rings is 1. The molecule has 0 unspecified atom stereocenters. The van der Waals surface area contributed by atoms with Gasteiger partial charge in [-0.2, -0.15) is 0 Å². The second kappa shape index (κ2) is 8.80. The van der Waals surface area contributed by atoms with Gasteiger partial charge in [-0.1, -0.05) is 11.6 Å². The number of halogens is 1. The minimum absolute atomic E-state index is 0.0539. The number of nitrogens with one attached hydrogen (secondary N) is 1. The number of thiophene rings is 1. The van der Waals surface area contributed by atoms with Crippen LogP contribution in [-0.4, -0.2) is 47.0 Å². The van der Waals surface area contributed by atoms with Crippen LogP contribution in [0.15, 0.2) is 53.4 Å². The van der Waals surface area contributed by atoms with Crippen molar-refractivity contribution in [2.24, 2.45) is 0 Å². The third kappa shape index (κ3) is 4.03. The van der Waals surface area contributed by atoms with Crippen LogP contribution in [0.3, 0.4) is 0 Å². The molecule has 1 aliphatic rings. The van der Waals surface area contributed by atoms with Gasteiger partial charge in [0.25, 0.3) is 5.91 Å². The number of nitrogens with zero attached hydrogens (tertiary/aromatic N) is 4. The van der Waals surface area contributed by atoms with E-state index in [4.69, 9.17) is 16.0 Å². The molecule has 4 heterocycles. The highest BCUT2D eigenvalue weighted by Gasteiger charge is 2.26. The molecule has 5 rings (SSSR count). The quantitative estimate of drug-likeness (QED) is 0.453. The van der Waals surface area contributed by atoms with E-state index in [0.29, 0.717) is 25.5 Å². The predicted molar refractivity (Wildman–Crippen MR) is 128 cm³/mol. The lowest BCUT2D eigenvalue weighted by Gasteiger charge is -2.36. The van der Waals surface area contributed by atoms with Crippen LogP contribution in [0.1, 0.15) is 21.0 Å². The minimum Gasteiger partial charge on any atom is -0.467 e. The number of piperazine rings is 1. The molecule has 7 nitrogen and oxygen atoms in total. The van der Waals surface area contributed by atoms with E-state index < -0.39 is 0 Å². The zero-order valence-corrected chi connectivity index (χ0v) is 19.1. The summed E-state index contributed by atoms with van der Waals surface area (Å²) in [6.07, 6.45) is 3.17. The van der Waals surface area contributed by atoms with Crippen LogP contribution in [0, 0.1) is 6.92 Å². The smallest absolute Gasteiger partial charge is 0.264 e. The maximum absolute atomic E-state index is 13.4. The highest BCUT2D eigenvalue weighted by molar-refractivity contribution is 7.20. The van der Waals surface area contributed by atoms with Gasteiger partial charge in [-0.15, -0.1) is 11.3 Å². The summed E-state index contributed by atoms with van der Waals surface area (Å²) in [6, 6.07) is 11.6. The number of carbonyl (C=O) groups excluding carboxylic acids is 1. The fraction of sp³-hybridized carbons (Fsp3) is 0.261. The Bertz CT molecular complexity index is 1230. The molecule has 0 bridgehead atoms. The Morgan fingerprint density at radius 3 is 2.66 bits per heavy atom. The molecule has 1 aromatic carbocycles. The molecule has 0 radical (unpaired) electrons. The topological polar surface area (TPSA) is 74.5 Å². The van der Waals surface area contributed by atoms with Crippen LogP contribution < -0.4 is 10.2 Å². The standard InChI is InChI=1S/C23H22ClN5O2S/c1-15-19-21(25-13-18-3-2-12-31-18)26-14-27-22(19)32-20(15)23(30)29-10-8-28(9-11-29)17-6-4-16(24)5-7-17/h2-7,12,14H,8-11,13H2,1H3,(H,25,26,27). The molecule has 1 saturated heterocycles. The molecule has 0 saturated carbocycles. The van der Waals surface area contributed by atoms with Crippen molar-refractivity contribution in [2.75, 3.05) is 36.4 Å². The van der Waals surface area contributed by atoms with Gasteiger partial charge in [0.1, 0.15) is 22.7 Å². The van der Waals surface area contributed by atoms with E-state index in [0.717, 1.165) is 50.2 Å². The Labute approximate surface area is 194 Å². The molecule has 9 heteroatoms. The molecular weight excluding hydrogens is 446 g/mol. The molecule has 32 heavy (non-hydrogen) atoms. The number of amides is 1. The Morgan fingerprint density at radius 1 is 1.16 bits per heavy atom. The molecular formula is C23H22ClN5O2S. The first-order chi connectivity index (χ1) is 15.6. The fourth-order valence-electron chi connectivity index (χ4n) is 3.96. The SMILES string of the molecule is Cc1c(C(=O)N2CCN(c3ccc(Cl)cc3)CC2)sc2ncnc(NCc3ccco3)c12. The fourth-order valence-corrected chi connectivity index (χ4v) is 5.20. The monoisotopic (exact) mass is 467 g/mol. The Kier molecular flexibility index (Phi) is 5.71. The van der Waals surface area contributed by atoms with Gasteiger partial charge in [-0.3, -0.25) is 4.79 Å². The first-order valence-electron chi connectivity index (χ1n) is 10.4. The summed E-state index contributed by atoms with van der Waals surface area (Å²) < 4.78 is 5.39. The number of rotatable bonds is 5. The molecule has 0 aliphatic carbocycles. The van der Waals surface area contributed by atoms with Crippen molar-refractivity contribution in [1.29, 1.82) is 0 Å². The summed E-state index contributed by atoms with van der Waals surface area (Å²) in [5.41, 5.74) is 2.04. The van der Waals surface area contributed by atoms with E-state index in [1.54, 1.807) is 6.26 Å². The maximum Gasteiger partial charge on any atom is 0.264 e. The first-order valence-corrected chi connectivity index (χ1v) is 11.6. The number of hydrogen-bond donors (Lipinski definition) is 1. The number of anilines is 2. The van der Waals surface area contributed by atoms with Crippen molar-refractivity contribution in [3.05, 3.63) is 70.2 Å². The Morgan fingerprint density at radius 2 is 1.94 bits per heavy atom. The van der Waals surface area contributed by atoms with Crippen LogP contribution in [0.5, 0.6) is 0 Å². The molecule has 164 valence electrons. The van der Waals surface area contributed by atoms with E-state index in [1.165, 1.54) is 17.7 Å². The number of aromatic nitrogens is 2. The van der Waals surface area contributed by atoms with E-state index in [2.05, 4.69) is 20.2 Å². The third-order valence-electron chi connectivity index (χ3n) is 5.69. The molecule has 1 amide bonds. The highest BCUT2D eigenvalue weighted by Crippen LogP contribution is 2.34. The van der Waals surface area contributed by atoms with Gasteiger partial charge < -0.3 is 19.5 Å². The molecule has 4 aromatic rings. The number of furan rings is 1. The lowest BCUT2D eigenvalue weighted by Crippen LogP contribution is -2.48. The van der Waals surface area contributed by atoms with Gasteiger partial charge >= 0.3 is 0 Å². The van der Waals surface area contributed by atoms with Crippen molar-refractivity contribution >= 4 is 50.6 Å². The van der Waals surface area contributed by atoms with Gasteiger partial charge in [0, 0.05) is 36.9 Å². The Hall–Kier alpha value is -3.10. The van der Waals surface area contributed by atoms with Crippen molar-refractivity contribution in [3.63, 3.8) is 0 Å². The van der Waals surface area contributed by atoms with E-state index >= 15 is 0 Å². The summed E-state index contributed by atoms with van der Waals surface area (Å²) in [5, 5.41) is 4.93. The van der Waals surface area contributed by atoms with Crippen molar-refractivity contribution in [2.45, 2.75) is 13.5 Å². The summed E-state index contributed by atoms with van der Waals surface area (Å²) >= 11 is 7.43. The number of aryl methyl sites for hydroxylation is 1. The van der Waals surface area contributed by atoms with Crippen LogP contribution in [0.25, 0.3) is 10.2 Å². The van der Waals surface area contributed by atoms with Crippen molar-refractivity contribution < 1.29 is 9.21 Å². The summed E-state index contributed by atoms with van der Waals surface area (Å²) in [5.74, 6) is 1.59. The van der Waals surface area contributed by atoms with Gasteiger partial charge in [0.2, 0.25) is 0 Å². The van der Waals surface area contributed by atoms with Gasteiger partial charge in [0.05, 0.1) is 23.1 Å².